The number of ketones is 1. The number of aliphatic hydroxyl groups is 1. The largest absolute Gasteiger partial charge is 0.491 e. The van der Waals surface area contributed by atoms with Crippen LogP contribution in [0.25, 0.3) is 0 Å². The zero-order valence-electron chi connectivity index (χ0n) is 17.7. The first kappa shape index (κ1) is 24.1. The van der Waals surface area contributed by atoms with Crippen LogP contribution in [0, 0.1) is 17.7 Å². The minimum atomic E-state index is -0.783. The van der Waals surface area contributed by atoms with Gasteiger partial charge in [-0.25, -0.2) is 4.39 Å². The van der Waals surface area contributed by atoms with Crippen molar-refractivity contribution in [2.24, 2.45) is 11.8 Å². The lowest BCUT2D eigenvalue weighted by Crippen LogP contribution is -2.17. The molecule has 0 heterocycles. The van der Waals surface area contributed by atoms with E-state index in [-0.39, 0.29) is 30.2 Å². The Morgan fingerprint density at radius 3 is 2.70 bits per heavy atom. The molecule has 0 saturated heterocycles. The van der Waals surface area contributed by atoms with Crippen molar-refractivity contribution in [3.8, 4) is 5.75 Å². The quantitative estimate of drug-likeness (QED) is 0.286. The van der Waals surface area contributed by atoms with Crippen LogP contribution < -0.4 is 4.74 Å². The van der Waals surface area contributed by atoms with Crippen LogP contribution in [-0.4, -0.2) is 36.2 Å². The first-order valence-electron chi connectivity index (χ1n) is 10.9. The highest BCUT2D eigenvalue weighted by Crippen LogP contribution is 2.34. The maximum absolute atomic E-state index is 12.9. The van der Waals surface area contributed by atoms with E-state index in [0.717, 1.165) is 38.5 Å². The minimum absolute atomic E-state index is 0.0107. The van der Waals surface area contributed by atoms with E-state index in [1.807, 2.05) is 6.08 Å². The second-order valence-corrected chi connectivity index (χ2v) is 7.75. The number of carbonyl (C=O) groups excluding carboxylic acids is 2. The Morgan fingerprint density at radius 2 is 1.97 bits per heavy atom. The van der Waals surface area contributed by atoms with Crippen molar-refractivity contribution in [3.05, 3.63) is 42.2 Å². The molecular weight excluding hydrogens is 387 g/mol. The summed E-state index contributed by atoms with van der Waals surface area (Å²) in [7, 11) is 0. The maximum Gasteiger partial charge on any atom is 0.305 e. The molecule has 0 bridgehead atoms. The summed E-state index contributed by atoms with van der Waals surface area (Å²) < 4.78 is 23.3. The average molecular weight is 421 g/mol. The highest BCUT2D eigenvalue weighted by atomic mass is 19.1. The van der Waals surface area contributed by atoms with E-state index < -0.39 is 6.10 Å². The third-order valence-corrected chi connectivity index (χ3v) is 5.42. The molecule has 30 heavy (non-hydrogen) atoms. The summed E-state index contributed by atoms with van der Waals surface area (Å²) >= 11 is 0. The average Bonchev–Trinajstić information content (AvgIpc) is 3.08. The van der Waals surface area contributed by atoms with Crippen LogP contribution in [0.2, 0.25) is 0 Å². The number of hydrogen-bond acceptors (Lipinski definition) is 5. The van der Waals surface area contributed by atoms with Crippen molar-refractivity contribution in [2.45, 2.75) is 64.4 Å². The molecule has 1 aliphatic carbocycles. The lowest BCUT2D eigenvalue weighted by atomic mass is 9.89. The number of carbonyl (C=O) groups is 2. The molecule has 5 nitrogen and oxygen atoms in total. The van der Waals surface area contributed by atoms with Gasteiger partial charge in [0.2, 0.25) is 0 Å². The number of hydrogen-bond donors (Lipinski definition) is 1. The van der Waals surface area contributed by atoms with Crippen LogP contribution in [0.1, 0.15) is 58.3 Å². The molecule has 1 aromatic rings. The molecule has 0 amide bonds. The zero-order valence-corrected chi connectivity index (χ0v) is 17.7. The molecule has 0 radical (unpaired) electrons. The monoisotopic (exact) mass is 420 g/mol. The van der Waals surface area contributed by atoms with Crippen LogP contribution in [0.4, 0.5) is 4.39 Å². The molecule has 1 fully saturated rings. The Bertz CT molecular complexity index is 685. The fraction of sp³-hybridized carbons (Fsp3) is 0.583. The smallest absolute Gasteiger partial charge is 0.305 e. The number of aliphatic hydroxyl groups excluding tert-OH is 1. The Kier molecular flexibility index (Phi) is 10.6. The summed E-state index contributed by atoms with van der Waals surface area (Å²) in [6.45, 7) is 2.30. The van der Waals surface area contributed by atoms with Crippen LogP contribution in [-0.2, 0) is 14.3 Å². The van der Waals surface area contributed by atoms with Gasteiger partial charge in [0.25, 0.3) is 0 Å². The molecule has 166 valence electrons. The topological polar surface area (TPSA) is 72.8 Å². The summed E-state index contributed by atoms with van der Waals surface area (Å²) in [6, 6.07) is 5.65. The van der Waals surface area contributed by atoms with Gasteiger partial charge in [-0.2, -0.15) is 0 Å². The third kappa shape index (κ3) is 8.66. The zero-order chi connectivity index (χ0) is 21.8. The van der Waals surface area contributed by atoms with Crippen molar-refractivity contribution in [1.29, 1.82) is 0 Å². The number of halogens is 1. The first-order chi connectivity index (χ1) is 14.5. The number of ether oxygens (including phenoxy) is 2. The van der Waals surface area contributed by atoms with E-state index >= 15 is 0 Å². The minimum Gasteiger partial charge on any atom is -0.491 e. The molecule has 0 aromatic heterocycles. The summed E-state index contributed by atoms with van der Waals surface area (Å²) in [5, 5.41) is 10.1. The Labute approximate surface area is 178 Å². The van der Waals surface area contributed by atoms with Crippen LogP contribution in [0.5, 0.6) is 5.75 Å². The van der Waals surface area contributed by atoms with Gasteiger partial charge in [-0.1, -0.05) is 31.4 Å². The normalized spacial score (nSPS) is 19.9. The maximum atomic E-state index is 12.9. The van der Waals surface area contributed by atoms with Crippen molar-refractivity contribution >= 4 is 11.8 Å². The third-order valence-electron chi connectivity index (χ3n) is 5.42. The number of allylic oxidation sites excluding steroid dienone is 1. The molecule has 0 spiro atoms. The molecule has 0 unspecified atom stereocenters. The summed E-state index contributed by atoms with van der Waals surface area (Å²) in [5.74, 6) is 0.484. The first-order valence-corrected chi connectivity index (χ1v) is 10.9. The number of Topliss-reactive ketones (excluding diaryl/α,β-unsaturated/α-hetero) is 1. The number of rotatable bonds is 13. The van der Waals surface area contributed by atoms with Crippen molar-refractivity contribution in [1.82, 2.24) is 0 Å². The molecule has 1 aromatic carbocycles. The lowest BCUT2D eigenvalue weighted by Gasteiger charge is -2.16. The Morgan fingerprint density at radius 1 is 1.23 bits per heavy atom. The van der Waals surface area contributed by atoms with Gasteiger partial charge in [0.15, 0.2) is 0 Å². The Balaban J connectivity index is 1.67. The predicted octanol–water partition coefficient (Wildman–Crippen LogP) is 4.62. The van der Waals surface area contributed by atoms with E-state index in [2.05, 4.69) is 0 Å². The van der Waals surface area contributed by atoms with Gasteiger partial charge in [-0.05, 0) is 56.4 Å². The highest BCUT2D eigenvalue weighted by Gasteiger charge is 2.32. The Hall–Kier alpha value is -2.21. The molecule has 6 heteroatoms. The molecule has 1 N–H and O–H groups in total. The second-order valence-electron chi connectivity index (χ2n) is 7.75. The van der Waals surface area contributed by atoms with E-state index in [9.17, 15) is 19.1 Å². The SMILES string of the molecule is CCOC(=O)CCCCCC[C@H]1C(=O)CC[C@@H]1/C=C/[C@H](O)COc1ccc(F)cc1. The van der Waals surface area contributed by atoms with Crippen LogP contribution >= 0.6 is 0 Å². The highest BCUT2D eigenvalue weighted by molar-refractivity contribution is 5.83. The number of benzene rings is 1. The van der Waals surface area contributed by atoms with Gasteiger partial charge in [-0.3, -0.25) is 9.59 Å². The van der Waals surface area contributed by atoms with E-state index in [1.165, 1.54) is 24.3 Å². The molecular formula is C24H33FO5. The second kappa shape index (κ2) is 13.2. The number of unbranched alkanes of at least 4 members (excludes halogenated alkanes) is 3. The van der Waals surface area contributed by atoms with Crippen LogP contribution in [0.3, 0.4) is 0 Å². The summed E-state index contributed by atoms with van der Waals surface area (Å²) in [4.78, 5) is 23.6. The van der Waals surface area contributed by atoms with Gasteiger partial charge in [0.1, 0.15) is 30.1 Å². The molecule has 1 saturated carbocycles. The van der Waals surface area contributed by atoms with Crippen molar-refractivity contribution < 1.29 is 28.6 Å². The lowest BCUT2D eigenvalue weighted by molar-refractivity contribution is -0.143. The molecule has 0 aliphatic heterocycles. The van der Waals surface area contributed by atoms with Gasteiger partial charge in [0.05, 0.1) is 6.61 Å². The van der Waals surface area contributed by atoms with E-state index in [1.54, 1.807) is 13.0 Å². The molecule has 3 atom stereocenters. The van der Waals surface area contributed by atoms with Crippen molar-refractivity contribution in [2.75, 3.05) is 13.2 Å². The number of esters is 1. The van der Waals surface area contributed by atoms with Gasteiger partial charge >= 0.3 is 5.97 Å². The van der Waals surface area contributed by atoms with Gasteiger partial charge in [-0.15, -0.1) is 0 Å². The van der Waals surface area contributed by atoms with E-state index in [4.69, 9.17) is 9.47 Å². The van der Waals surface area contributed by atoms with Crippen molar-refractivity contribution in [3.63, 3.8) is 0 Å². The molecule has 1 aliphatic rings. The standard InChI is InChI=1S/C24H33FO5/c1-2-29-24(28)8-6-4-3-5-7-22-18(10-16-23(22)27)9-13-20(26)17-30-21-14-11-19(25)12-15-21/h9,11-15,18,20,22,26H,2-8,10,16-17H2,1H3/b13-9+/t18-,20-,22+/m0/s1. The molecule has 2 rings (SSSR count). The van der Waals surface area contributed by atoms with Gasteiger partial charge < -0.3 is 14.6 Å². The van der Waals surface area contributed by atoms with Gasteiger partial charge in [0, 0.05) is 18.8 Å². The fourth-order valence-corrected chi connectivity index (χ4v) is 3.80. The summed E-state index contributed by atoms with van der Waals surface area (Å²) in [5.41, 5.74) is 0. The van der Waals surface area contributed by atoms with Crippen LogP contribution in [0.15, 0.2) is 36.4 Å². The predicted molar refractivity (Wildman–Crippen MR) is 113 cm³/mol. The van der Waals surface area contributed by atoms with E-state index in [0.29, 0.717) is 31.0 Å². The fourth-order valence-electron chi connectivity index (χ4n) is 3.80. The summed E-state index contributed by atoms with van der Waals surface area (Å²) in [6.07, 6.45) is 9.28.